The lowest BCUT2D eigenvalue weighted by Crippen LogP contribution is -2.26. The Bertz CT molecular complexity index is 813. The van der Waals surface area contributed by atoms with Crippen LogP contribution in [0.4, 0.5) is 5.69 Å². The van der Waals surface area contributed by atoms with Gasteiger partial charge in [0.2, 0.25) is 0 Å². The van der Waals surface area contributed by atoms with Crippen molar-refractivity contribution < 1.29 is 4.79 Å². The Morgan fingerprint density at radius 1 is 0.905 bits per heavy atom. The third-order valence-corrected chi connectivity index (χ3v) is 4.22. The van der Waals surface area contributed by atoms with Crippen LogP contribution >= 0.6 is 15.9 Å². The minimum Gasteiger partial charge on any atom is -0.311 e. The highest BCUT2D eigenvalue weighted by Gasteiger charge is 2.15. The molecule has 0 radical (unpaired) electrons. The summed E-state index contributed by atoms with van der Waals surface area (Å²) < 4.78 is 0.808. The average Bonchev–Trinajstić information content (AvgIpc) is 2.53. The second kappa shape index (κ2) is 5.70. The zero-order valence-electron chi connectivity index (χ0n) is 11.6. The minimum atomic E-state index is -0.0299. The first kappa shape index (κ1) is 13.8. The molecule has 0 unspecified atom stereocenters. The molecule has 0 aliphatic heterocycles. The molecule has 3 aromatic carbocycles. The molecule has 3 heteroatoms. The molecule has 0 saturated carbocycles. The normalized spacial score (nSPS) is 10.6. The maximum atomic E-state index is 12.6. The van der Waals surface area contributed by atoms with Gasteiger partial charge in [-0.1, -0.05) is 42.5 Å². The number of nitrogens with zero attached hydrogens (tertiary/aromatic N) is 1. The minimum absolute atomic E-state index is 0.0299. The smallest absolute Gasteiger partial charge is 0.259 e. The molecule has 3 aromatic rings. The molecule has 0 aromatic heterocycles. The molecule has 0 spiro atoms. The van der Waals surface area contributed by atoms with Crippen LogP contribution in [0.15, 0.2) is 71.2 Å². The molecule has 104 valence electrons. The van der Waals surface area contributed by atoms with E-state index in [0.29, 0.717) is 5.56 Å². The SMILES string of the molecule is CN(C(=O)c1ccccc1Br)c1ccc2ccccc2c1. The summed E-state index contributed by atoms with van der Waals surface area (Å²) in [5.41, 5.74) is 1.54. The molecule has 1 amide bonds. The fraction of sp³-hybridized carbons (Fsp3) is 0.0556. The summed E-state index contributed by atoms with van der Waals surface area (Å²) in [4.78, 5) is 14.3. The summed E-state index contributed by atoms with van der Waals surface area (Å²) in [7, 11) is 1.80. The highest BCUT2D eigenvalue weighted by Crippen LogP contribution is 2.24. The van der Waals surface area contributed by atoms with Gasteiger partial charge in [0.15, 0.2) is 0 Å². The third-order valence-electron chi connectivity index (χ3n) is 3.53. The van der Waals surface area contributed by atoms with E-state index < -0.39 is 0 Å². The van der Waals surface area contributed by atoms with Gasteiger partial charge in [-0.2, -0.15) is 0 Å². The van der Waals surface area contributed by atoms with Crippen LogP contribution in [-0.2, 0) is 0 Å². The van der Waals surface area contributed by atoms with Crippen molar-refractivity contribution in [1.82, 2.24) is 0 Å². The van der Waals surface area contributed by atoms with Crippen LogP contribution in [0.3, 0.4) is 0 Å². The van der Waals surface area contributed by atoms with Crippen molar-refractivity contribution in [3.8, 4) is 0 Å². The topological polar surface area (TPSA) is 20.3 Å². The monoisotopic (exact) mass is 339 g/mol. The summed E-state index contributed by atoms with van der Waals surface area (Å²) in [6.45, 7) is 0. The van der Waals surface area contributed by atoms with Gasteiger partial charge in [0.1, 0.15) is 0 Å². The summed E-state index contributed by atoms with van der Waals surface area (Å²) in [5, 5.41) is 2.30. The number of hydrogen-bond donors (Lipinski definition) is 0. The van der Waals surface area contributed by atoms with E-state index in [1.165, 1.54) is 5.39 Å². The van der Waals surface area contributed by atoms with E-state index in [1.807, 2.05) is 54.6 Å². The Morgan fingerprint density at radius 3 is 2.33 bits per heavy atom. The van der Waals surface area contributed by atoms with Gasteiger partial charge in [0, 0.05) is 17.2 Å². The van der Waals surface area contributed by atoms with Gasteiger partial charge in [-0.3, -0.25) is 4.79 Å². The molecular weight excluding hydrogens is 326 g/mol. The quantitative estimate of drug-likeness (QED) is 0.651. The van der Waals surface area contributed by atoms with Crippen molar-refractivity contribution in [2.45, 2.75) is 0 Å². The van der Waals surface area contributed by atoms with Crippen molar-refractivity contribution in [1.29, 1.82) is 0 Å². The second-order valence-electron chi connectivity index (χ2n) is 4.88. The Kier molecular flexibility index (Phi) is 3.76. The number of carbonyl (C=O) groups excluding carboxylic acids is 1. The van der Waals surface area contributed by atoms with Gasteiger partial charge < -0.3 is 4.90 Å². The zero-order valence-corrected chi connectivity index (χ0v) is 13.2. The Balaban J connectivity index is 1.98. The molecule has 0 bridgehead atoms. The van der Waals surface area contributed by atoms with Crippen LogP contribution in [0, 0.1) is 0 Å². The summed E-state index contributed by atoms with van der Waals surface area (Å²) in [6.07, 6.45) is 0. The van der Waals surface area contributed by atoms with Gasteiger partial charge in [-0.15, -0.1) is 0 Å². The fourth-order valence-corrected chi connectivity index (χ4v) is 2.77. The van der Waals surface area contributed by atoms with Gasteiger partial charge in [-0.05, 0) is 51.0 Å². The van der Waals surface area contributed by atoms with Crippen LogP contribution in [0.2, 0.25) is 0 Å². The number of rotatable bonds is 2. The standard InChI is InChI=1S/C18H14BrNO/c1-20(18(21)16-8-4-5-9-17(16)19)15-11-10-13-6-2-3-7-14(13)12-15/h2-12H,1H3. The largest absolute Gasteiger partial charge is 0.311 e. The first-order valence-electron chi connectivity index (χ1n) is 6.68. The van der Waals surface area contributed by atoms with E-state index in [0.717, 1.165) is 15.5 Å². The summed E-state index contributed by atoms with van der Waals surface area (Å²) in [6, 6.07) is 21.6. The first-order valence-corrected chi connectivity index (χ1v) is 7.47. The van der Waals surface area contributed by atoms with Crippen LogP contribution < -0.4 is 4.90 Å². The molecular formula is C18H14BrNO. The third kappa shape index (κ3) is 2.69. The number of halogens is 1. The van der Waals surface area contributed by atoms with Crippen molar-refractivity contribution in [2.24, 2.45) is 0 Å². The molecule has 0 aliphatic carbocycles. The van der Waals surface area contributed by atoms with E-state index in [-0.39, 0.29) is 5.91 Å². The Hall–Kier alpha value is -2.13. The lowest BCUT2D eigenvalue weighted by Gasteiger charge is -2.18. The molecule has 2 nitrogen and oxygen atoms in total. The molecule has 21 heavy (non-hydrogen) atoms. The number of benzene rings is 3. The van der Waals surface area contributed by atoms with Crippen molar-refractivity contribution >= 4 is 38.3 Å². The maximum Gasteiger partial charge on any atom is 0.259 e. The van der Waals surface area contributed by atoms with E-state index in [2.05, 4.69) is 28.1 Å². The predicted molar refractivity (Wildman–Crippen MR) is 90.8 cm³/mol. The van der Waals surface area contributed by atoms with Crippen molar-refractivity contribution in [2.75, 3.05) is 11.9 Å². The van der Waals surface area contributed by atoms with E-state index in [1.54, 1.807) is 11.9 Å². The second-order valence-corrected chi connectivity index (χ2v) is 5.73. The maximum absolute atomic E-state index is 12.6. The molecule has 3 rings (SSSR count). The number of hydrogen-bond acceptors (Lipinski definition) is 1. The summed E-state index contributed by atoms with van der Waals surface area (Å²) >= 11 is 3.43. The Morgan fingerprint density at radius 2 is 1.57 bits per heavy atom. The first-order chi connectivity index (χ1) is 10.2. The fourth-order valence-electron chi connectivity index (χ4n) is 2.32. The van der Waals surface area contributed by atoms with Gasteiger partial charge in [0.25, 0.3) is 5.91 Å². The van der Waals surface area contributed by atoms with Gasteiger partial charge in [-0.25, -0.2) is 0 Å². The van der Waals surface area contributed by atoms with Crippen molar-refractivity contribution in [3.05, 3.63) is 76.8 Å². The highest BCUT2D eigenvalue weighted by atomic mass is 79.9. The number of amides is 1. The molecule has 0 aliphatic rings. The molecule has 0 fully saturated rings. The number of fused-ring (bicyclic) bond motifs is 1. The number of anilines is 1. The highest BCUT2D eigenvalue weighted by molar-refractivity contribution is 9.10. The van der Waals surface area contributed by atoms with Crippen LogP contribution in [-0.4, -0.2) is 13.0 Å². The van der Waals surface area contributed by atoms with Crippen LogP contribution in [0.5, 0.6) is 0 Å². The molecule has 0 heterocycles. The zero-order chi connectivity index (χ0) is 14.8. The lowest BCUT2D eigenvalue weighted by molar-refractivity contribution is 0.0992. The van der Waals surface area contributed by atoms with E-state index in [9.17, 15) is 4.79 Å². The molecule has 0 N–H and O–H groups in total. The number of carbonyl (C=O) groups is 1. The summed E-state index contributed by atoms with van der Waals surface area (Å²) in [5.74, 6) is -0.0299. The predicted octanol–water partition coefficient (Wildman–Crippen LogP) is 4.88. The lowest BCUT2D eigenvalue weighted by atomic mass is 10.1. The Labute approximate surface area is 132 Å². The van der Waals surface area contributed by atoms with Crippen LogP contribution in [0.25, 0.3) is 10.8 Å². The average molecular weight is 340 g/mol. The van der Waals surface area contributed by atoms with Crippen LogP contribution in [0.1, 0.15) is 10.4 Å². The van der Waals surface area contributed by atoms with Gasteiger partial charge >= 0.3 is 0 Å². The van der Waals surface area contributed by atoms with Gasteiger partial charge in [0.05, 0.1) is 5.56 Å². The molecule has 0 atom stereocenters. The van der Waals surface area contributed by atoms with Crippen molar-refractivity contribution in [3.63, 3.8) is 0 Å². The molecule has 0 saturated heterocycles. The van der Waals surface area contributed by atoms with E-state index >= 15 is 0 Å². The van der Waals surface area contributed by atoms with E-state index in [4.69, 9.17) is 0 Å².